The fourth-order valence-electron chi connectivity index (χ4n) is 4.46. The number of carbonyl (C=O) groups is 1. The molecular formula is C23H32N2O2. The van der Waals surface area contributed by atoms with Gasteiger partial charge in [-0.05, 0) is 68.5 Å². The van der Waals surface area contributed by atoms with Crippen LogP contribution in [0.2, 0.25) is 0 Å². The minimum absolute atomic E-state index is 0.224. The molecule has 0 saturated carbocycles. The van der Waals surface area contributed by atoms with Crippen LogP contribution in [-0.4, -0.2) is 42.4 Å². The largest absolute Gasteiger partial charge is 0.497 e. The molecule has 0 bridgehead atoms. The number of likely N-dealkylation sites (tertiary alicyclic amines) is 1. The highest BCUT2D eigenvalue weighted by Crippen LogP contribution is 2.31. The van der Waals surface area contributed by atoms with E-state index in [-0.39, 0.29) is 5.78 Å². The van der Waals surface area contributed by atoms with Gasteiger partial charge < -0.3 is 9.64 Å². The Morgan fingerprint density at radius 1 is 1.26 bits per heavy atom. The van der Waals surface area contributed by atoms with E-state index >= 15 is 0 Å². The first-order chi connectivity index (χ1) is 13.2. The first-order valence-corrected chi connectivity index (χ1v) is 10.3. The van der Waals surface area contributed by atoms with Crippen LogP contribution in [0, 0.1) is 11.8 Å². The predicted molar refractivity (Wildman–Crippen MR) is 110 cm³/mol. The van der Waals surface area contributed by atoms with Crippen LogP contribution in [0.5, 0.6) is 5.75 Å². The number of carbonyl (C=O) groups excluding carboxylic acids is 1. The summed E-state index contributed by atoms with van der Waals surface area (Å²) in [7, 11) is 1.65. The second-order valence-electron chi connectivity index (χ2n) is 7.72. The van der Waals surface area contributed by atoms with Gasteiger partial charge in [-0.1, -0.05) is 20.3 Å². The molecule has 0 radical (unpaired) electrons. The van der Waals surface area contributed by atoms with Crippen molar-refractivity contribution in [3.63, 3.8) is 0 Å². The molecule has 0 amide bonds. The number of pyridine rings is 1. The molecule has 1 aliphatic heterocycles. The van der Waals surface area contributed by atoms with Gasteiger partial charge >= 0.3 is 0 Å². The minimum Gasteiger partial charge on any atom is -0.497 e. The Hall–Kier alpha value is -1.94. The van der Waals surface area contributed by atoms with Crippen LogP contribution >= 0.6 is 0 Å². The molecule has 146 valence electrons. The molecule has 1 saturated heterocycles. The maximum Gasteiger partial charge on any atom is 0.163 e. The summed E-state index contributed by atoms with van der Waals surface area (Å²) in [6, 6.07) is 7.58. The molecule has 1 aromatic heterocycles. The summed E-state index contributed by atoms with van der Waals surface area (Å²) in [5, 5.41) is 0.895. The Morgan fingerprint density at radius 3 is 2.85 bits per heavy atom. The summed E-state index contributed by atoms with van der Waals surface area (Å²) in [6.45, 7) is 8.11. The third-order valence-corrected chi connectivity index (χ3v) is 6.03. The summed E-state index contributed by atoms with van der Waals surface area (Å²) < 4.78 is 5.33. The van der Waals surface area contributed by atoms with Crippen molar-refractivity contribution in [1.82, 2.24) is 9.88 Å². The summed E-state index contributed by atoms with van der Waals surface area (Å²) in [5.41, 5.74) is 1.62. The average Bonchev–Trinajstić information content (AvgIpc) is 2.71. The third-order valence-electron chi connectivity index (χ3n) is 6.03. The van der Waals surface area contributed by atoms with E-state index in [1.54, 1.807) is 13.3 Å². The number of benzene rings is 1. The molecule has 0 unspecified atom stereocenters. The Labute approximate surface area is 162 Å². The first kappa shape index (κ1) is 19.8. The second-order valence-corrected chi connectivity index (χ2v) is 7.72. The van der Waals surface area contributed by atoms with E-state index in [0.717, 1.165) is 28.6 Å². The van der Waals surface area contributed by atoms with Crippen LogP contribution in [-0.2, 0) is 0 Å². The molecule has 0 spiro atoms. The second kappa shape index (κ2) is 9.32. The van der Waals surface area contributed by atoms with Crippen molar-refractivity contribution >= 4 is 16.7 Å². The number of ether oxygens (including phenoxy) is 1. The number of nitrogens with zero attached hydrogens (tertiary/aromatic N) is 2. The van der Waals surface area contributed by atoms with Gasteiger partial charge in [0.2, 0.25) is 0 Å². The van der Waals surface area contributed by atoms with Crippen LogP contribution in [0.25, 0.3) is 10.9 Å². The molecule has 3 rings (SSSR count). The van der Waals surface area contributed by atoms with Crippen molar-refractivity contribution < 1.29 is 9.53 Å². The molecule has 4 nitrogen and oxygen atoms in total. The Bertz CT molecular complexity index is 774. The van der Waals surface area contributed by atoms with Crippen molar-refractivity contribution in [2.45, 2.75) is 46.0 Å². The van der Waals surface area contributed by atoms with E-state index in [1.807, 2.05) is 24.3 Å². The summed E-state index contributed by atoms with van der Waals surface area (Å²) in [4.78, 5) is 20.0. The predicted octanol–water partition coefficient (Wildman–Crippen LogP) is 4.96. The zero-order chi connectivity index (χ0) is 19.2. The lowest BCUT2D eigenvalue weighted by atomic mass is 9.80. The van der Waals surface area contributed by atoms with Crippen molar-refractivity contribution in [2.24, 2.45) is 11.8 Å². The summed E-state index contributed by atoms with van der Waals surface area (Å²) in [6.07, 6.45) is 6.99. The molecule has 0 aliphatic carbocycles. The molecule has 2 aromatic rings. The minimum atomic E-state index is 0.224. The lowest BCUT2D eigenvalue weighted by Gasteiger charge is -2.38. The molecule has 27 heavy (non-hydrogen) atoms. The first-order valence-electron chi connectivity index (χ1n) is 10.3. The summed E-state index contributed by atoms with van der Waals surface area (Å²) >= 11 is 0. The molecule has 1 aromatic carbocycles. The lowest BCUT2D eigenvalue weighted by molar-refractivity contribution is 0.0903. The third kappa shape index (κ3) is 4.67. The zero-order valence-electron chi connectivity index (χ0n) is 16.9. The van der Waals surface area contributed by atoms with Crippen LogP contribution in [0.3, 0.4) is 0 Å². The number of methoxy groups -OCH3 is 1. The number of Topliss-reactive ketones (excluding diaryl/α,β-unsaturated/α-hetero) is 1. The Balaban J connectivity index is 1.68. The van der Waals surface area contributed by atoms with Crippen LogP contribution in [0.4, 0.5) is 0 Å². The highest BCUT2D eigenvalue weighted by Gasteiger charge is 2.28. The summed E-state index contributed by atoms with van der Waals surface area (Å²) in [5.74, 6) is 2.36. The van der Waals surface area contributed by atoms with Crippen molar-refractivity contribution in [3.8, 4) is 5.75 Å². The van der Waals surface area contributed by atoms with Crippen molar-refractivity contribution in [3.05, 3.63) is 36.0 Å². The molecule has 2 heterocycles. The standard InChI is InChI=1S/C23H32N2O2/c1-4-13-25-14-11-18(17(5-2)16-25)6-9-23(26)20-10-12-24-22-8-7-19(27-3)15-21(20)22/h7-8,10,12,15,17-18H,4-6,9,11,13-14,16H2,1-3H3/t17-,18-/m0/s1. The Morgan fingerprint density at radius 2 is 2.11 bits per heavy atom. The number of hydrogen-bond donors (Lipinski definition) is 0. The molecule has 4 heteroatoms. The maximum atomic E-state index is 13.0. The lowest BCUT2D eigenvalue weighted by Crippen LogP contribution is -2.40. The van der Waals surface area contributed by atoms with E-state index in [4.69, 9.17) is 4.74 Å². The number of fused-ring (bicyclic) bond motifs is 1. The van der Waals surface area contributed by atoms with E-state index in [2.05, 4.69) is 23.7 Å². The number of aromatic nitrogens is 1. The van der Waals surface area contributed by atoms with Gasteiger partial charge in [0, 0.05) is 30.1 Å². The van der Waals surface area contributed by atoms with Gasteiger partial charge in [0.1, 0.15) is 5.75 Å². The number of piperidine rings is 1. The van der Waals surface area contributed by atoms with Gasteiger partial charge in [0.05, 0.1) is 12.6 Å². The van der Waals surface area contributed by atoms with Crippen LogP contribution in [0.15, 0.2) is 30.5 Å². The molecule has 0 N–H and O–H groups in total. The highest BCUT2D eigenvalue weighted by molar-refractivity contribution is 6.07. The van der Waals surface area contributed by atoms with Crippen molar-refractivity contribution in [2.75, 3.05) is 26.7 Å². The Kier molecular flexibility index (Phi) is 6.84. The molecular weight excluding hydrogens is 336 g/mol. The van der Waals surface area contributed by atoms with Crippen LogP contribution < -0.4 is 4.74 Å². The van der Waals surface area contributed by atoms with Crippen molar-refractivity contribution in [1.29, 1.82) is 0 Å². The highest BCUT2D eigenvalue weighted by atomic mass is 16.5. The van der Waals surface area contributed by atoms with E-state index in [0.29, 0.717) is 18.3 Å². The molecule has 1 aliphatic rings. The van der Waals surface area contributed by atoms with E-state index < -0.39 is 0 Å². The topological polar surface area (TPSA) is 42.4 Å². The normalized spacial score (nSPS) is 20.7. The smallest absolute Gasteiger partial charge is 0.163 e. The number of hydrogen-bond acceptors (Lipinski definition) is 4. The quantitative estimate of drug-likeness (QED) is 0.617. The van der Waals surface area contributed by atoms with Gasteiger partial charge in [-0.3, -0.25) is 9.78 Å². The maximum absolute atomic E-state index is 13.0. The van der Waals surface area contributed by atoms with Gasteiger partial charge in [-0.25, -0.2) is 0 Å². The number of ketones is 1. The monoisotopic (exact) mass is 368 g/mol. The van der Waals surface area contributed by atoms with Gasteiger partial charge in [-0.2, -0.15) is 0 Å². The fourth-order valence-corrected chi connectivity index (χ4v) is 4.46. The van der Waals surface area contributed by atoms with E-state index in [1.165, 1.54) is 38.9 Å². The number of rotatable bonds is 8. The van der Waals surface area contributed by atoms with Gasteiger partial charge in [0.25, 0.3) is 0 Å². The van der Waals surface area contributed by atoms with E-state index in [9.17, 15) is 4.79 Å². The molecule has 1 fully saturated rings. The van der Waals surface area contributed by atoms with Gasteiger partial charge in [-0.15, -0.1) is 0 Å². The fraction of sp³-hybridized carbons (Fsp3) is 0.565. The molecule has 2 atom stereocenters. The zero-order valence-corrected chi connectivity index (χ0v) is 16.9. The van der Waals surface area contributed by atoms with Gasteiger partial charge in [0.15, 0.2) is 5.78 Å². The SMILES string of the molecule is CCCN1CC[C@H](CCC(=O)c2ccnc3ccc(OC)cc23)[C@@H](CC)C1. The average molecular weight is 369 g/mol. The van der Waals surface area contributed by atoms with Crippen LogP contribution in [0.1, 0.15) is 56.3 Å².